The van der Waals surface area contributed by atoms with Crippen molar-refractivity contribution in [1.29, 1.82) is 5.26 Å². The molecule has 1 amide bonds. The number of amides is 1. The zero-order valence-electron chi connectivity index (χ0n) is 20.7. The van der Waals surface area contributed by atoms with Crippen LogP contribution in [-0.4, -0.2) is 68.6 Å². The van der Waals surface area contributed by atoms with E-state index in [4.69, 9.17) is 11.6 Å². The number of nitrogens with zero attached hydrogens (tertiary/aromatic N) is 4. The number of carbonyl (C=O) groups excluding carboxylic acids is 1. The zero-order chi connectivity index (χ0) is 24.7. The molecule has 2 aromatic carbocycles. The Morgan fingerprint density at radius 1 is 1.00 bits per heavy atom. The Morgan fingerprint density at radius 3 is 2.40 bits per heavy atom. The highest BCUT2D eigenvalue weighted by molar-refractivity contribution is 6.34. The molecule has 4 rings (SSSR count). The Morgan fingerprint density at radius 2 is 1.71 bits per heavy atom. The van der Waals surface area contributed by atoms with Gasteiger partial charge in [-0.25, -0.2) is 0 Å². The number of anilines is 2. The van der Waals surface area contributed by atoms with Gasteiger partial charge < -0.3 is 20.0 Å². The maximum Gasteiger partial charge on any atom is 0.222 e. The van der Waals surface area contributed by atoms with E-state index in [0.29, 0.717) is 32.4 Å². The van der Waals surface area contributed by atoms with Crippen molar-refractivity contribution in [2.24, 2.45) is 0 Å². The lowest BCUT2D eigenvalue weighted by atomic mass is 9.74. The number of nitriles is 1. The van der Waals surface area contributed by atoms with Crippen molar-refractivity contribution in [2.75, 3.05) is 63.1 Å². The van der Waals surface area contributed by atoms with Gasteiger partial charge in [-0.3, -0.25) is 4.79 Å². The first-order chi connectivity index (χ1) is 17.0. The van der Waals surface area contributed by atoms with Gasteiger partial charge in [0.25, 0.3) is 0 Å². The summed E-state index contributed by atoms with van der Waals surface area (Å²) in [6, 6.07) is 18.6. The number of piperidine rings is 1. The number of halogens is 1. The molecule has 2 aromatic rings. The normalized spacial score (nSPS) is 18.2. The fourth-order valence-corrected chi connectivity index (χ4v) is 5.45. The van der Waals surface area contributed by atoms with Crippen molar-refractivity contribution >= 4 is 28.9 Å². The number of rotatable bonds is 8. The van der Waals surface area contributed by atoms with E-state index in [-0.39, 0.29) is 5.91 Å². The molecule has 2 aliphatic rings. The van der Waals surface area contributed by atoms with Gasteiger partial charge in [0.05, 0.1) is 27.9 Å². The summed E-state index contributed by atoms with van der Waals surface area (Å²) in [5.41, 5.74) is 2.75. The van der Waals surface area contributed by atoms with Crippen molar-refractivity contribution in [3.8, 4) is 6.07 Å². The second-order valence-corrected chi connectivity index (χ2v) is 10.2. The minimum Gasteiger partial charge on any atom is -0.383 e. The van der Waals surface area contributed by atoms with E-state index in [1.54, 1.807) is 0 Å². The SMILES string of the molecule is CN1CCN(c2c(Cl)cccc2NCCCCC(=O)N2CCC(C#N)(c3ccccc3)CC2)CC1. The van der Waals surface area contributed by atoms with E-state index in [1.807, 2.05) is 47.4 Å². The molecule has 7 heteroatoms. The molecule has 2 fully saturated rings. The summed E-state index contributed by atoms with van der Waals surface area (Å²) < 4.78 is 0. The van der Waals surface area contributed by atoms with Crippen LogP contribution in [0.1, 0.15) is 37.7 Å². The van der Waals surface area contributed by atoms with Crippen LogP contribution in [0.15, 0.2) is 48.5 Å². The second kappa shape index (κ2) is 11.8. The lowest BCUT2D eigenvalue weighted by molar-refractivity contribution is -0.132. The average Bonchev–Trinajstić information content (AvgIpc) is 2.90. The van der Waals surface area contributed by atoms with Gasteiger partial charge in [0.2, 0.25) is 5.91 Å². The first kappa shape index (κ1) is 25.3. The van der Waals surface area contributed by atoms with Crippen LogP contribution in [0.3, 0.4) is 0 Å². The summed E-state index contributed by atoms with van der Waals surface area (Å²) in [4.78, 5) is 19.4. The van der Waals surface area contributed by atoms with E-state index >= 15 is 0 Å². The summed E-state index contributed by atoms with van der Waals surface area (Å²) >= 11 is 6.57. The van der Waals surface area contributed by atoms with Crippen LogP contribution in [0.2, 0.25) is 5.02 Å². The van der Waals surface area contributed by atoms with Gasteiger partial charge in [-0.15, -0.1) is 0 Å². The molecule has 0 saturated carbocycles. The molecular weight excluding hydrogens is 458 g/mol. The lowest BCUT2D eigenvalue weighted by Crippen LogP contribution is -2.44. The molecule has 35 heavy (non-hydrogen) atoms. The van der Waals surface area contributed by atoms with Crippen LogP contribution < -0.4 is 10.2 Å². The number of para-hydroxylation sites is 1. The molecule has 0 radical (unpaired) electrons. The molecule has 2 heterocycles. The van der Waals surface area contributed by atoms with E-state index in [1.165, 1.54) is 0 Å². The van der Waals surface area contributed by atoms with Crippen LogP contribution in [0.5, 0.6) is 0 Å². The van der Waals surface area contributed by atoms with Crippen molar-refractivity contribution in [3.63, 3.8) is 0 Å². The van der Waals surface area contributed by atoms with Gasteiger partial charge in [-0.2, -0.15) is 5.26 Å². The van der Waals surface area contributed by atoms with Crippen molar-refractivity contribution in [2.45, 2.75) is 37.5 Å². The number of unbranched alkanes of at least 4 members (excludes halogenated alkanes) is 1. The highest BCUT2D eigenvalue weighted by atomic mass is 35.5. The number of hydrogen-bond acceptors (Lipinski definition) is 5. The first-order valence-corrected chi connectivity index (χ1v) is 13.1. The Balaban J connectivity index is 1.22. The standard InChI is InChI=1S/C28H36ClN5O/c1-32-18-20-34(21-19-32)27-24(29)10-7-11-25(27)31-15-6-5-12-26(35)33-16-13-28(22-30,14-17-33)23-8-3-2-4-9-23/h2-4,7-11,31H,5-6,12-21H2,1H3. The van der Waals surface area contributed by atoms with E-state index in [0.717, 1.165) is 67.5 Å². The summed E-state index contributed by atoms with van der Waals surface area (Å²) in [6.07, 6.45) is 3.71. The number of likely N-dealkylation sites (tertiary alicyclic amines) is 1. The first-order valence-electron chi connectivity index (χ1n) is 12.7. The largest absolute Gasteiger partial charge is 0.383 e. The van der Waals surface area contributed by atoms with Crippen LogP contribution in [0.4, 0.5) is 11.4 Å². The second-order valence-electron chi connectivity index (χ2n) is 9.75. The minimum absolute atomic E-state index is 0.200. The van der Waals surface area contributed by atoms with Crippen molar-refractivity contribution in [3.05, 3.63) is 59.1 Å². The number of carbonyl (C=O) groups is 1. The highest BCUT2D eigenvalue weighted by Crippen LogP contribution is 2.36. The molecule has 6 nitrogen and oxygen atoms in total. The van der Waals surface area contributed by atoms with Gasteiger partial charge in [0, 0.05) is 52.2 Å². The molecular formula is C28H36ClN5O. The monoisotopic (exact) mass is 493 g/mol. The average molecular weight is 494 g/mol. The fraction of sp³-hybridized carbons (Fsp3) is 0.500. The number of nitrogens with one attached hydrogen (secondary N) is 1. The lowest BCUT2D eigenvalue weighted by Gasteiger charge is -2.37. The molecule has 0 atom stereocenters. The van der Waals surface area contributed by atoms with Crippen LogP contribution in [-0.2, 0) is 10.2 Å². The summed E-state index contributed by atoms with van der Waals surface area (Å²) in [7, 11) is 2.15. The summed E-state index contributed by atoms with van der Waals surface area (Å²) in [6.45, 7) is 6.11. The number of piperazine rings is 1. The van der Waals surface area contributed by atoms with Crippen LogP contribution >= 0.6 is 11.6 Å². The highest BCUT2D eigenvalue weighted by Gasteiger charge is 2.37. The molecule has 2 aliphatic heterocycles. The molecule has 0 spiro atoms. The minimum atomic E-state index is -0.472. The maximum absolute atomic E-state index is 12.8. The van der Waals surface area contributed by atoms with Gasteiger partial charge in [0.1, 0.15) is 0 Å². The van der Waals surface area contributed by atoms with Crippen LogP contribution in [0, 0.1) is 11.3 Å². The fourth-order valence-electron chi connectivity index (χ4n) is 5.15. The molecule has 0 unspecified atom stereocenters. The molecule has 0 aliphatic carbocycles. The summed E-state index contributed by atoms with van der Waals surface area (Å²) in [5.74, 6) is 0.200. The quantitative estimate of drug-likeness (QED) is 0.537. The van der Waals surface area contributed by atoms with Crippen molar-refractivity contribution in [1.82, 2.24) is 9.80 Å². The smallest absolute Gasteiger partial charge is 0.222 e. The predicted octanol–water partition coefficient (Wildman–Crippen LogP) is 4.76. The van der Waals surface area contributed by atoms with E-state index in [2.05, 4.69) is 34.3 Å². The Hall–Kier alpha value is -2.75. The van der Waals surface area contributed by atoms with Gasteiger partial charge in [-0.1, -0.05) is 48.0 Å². The number of likely N-dealkylation sites (N-methyl/N-ethyl adjacent to an activating group) is 1. The van der Waals surface area contributed by atoms with Crippen LogP contribution in [0.25, 0.3) is 0 Å². The van der Waals surface area contributed by atoms with E-state index in [9.17, 15) is 10.1 Å². The third kappa shape index (κ3) is 6.09. The number of benzene rings is 2. The molecule has 0 bridgehead atoms. The Bertz CT molecular complexity index is 1020. The molecule has 0 aromatic heterocycles. The molecule has 2 saturated heterocycles. The predicted molar refractivity (Wildman–Crippen MR) is 143 cm³/mol. The van der Waals surface area contributed by atoms with E-state index < -0.39 is 5.41 Å². The molecule has 186 valence electrons. The summed E-state index contributed by atoms with van der Waals surface area (Å²) in [5, 5.41) is 14.2. The topological polar surface area (TPSA) is 62.6 Å². The number of hydrogen-bond donors (Lipinski definition) is 1. The Kier molecular flexibility index (Phi) is 8.54. The van der Waals surface area contributed by atoms with Crippen molar-refractivity contribution < 1.29 is 4.79 Å². The van der Waals surface area contributed by atoms with Gasteiger partial charge in [0.15, 0.2) is 0 Å². The van der Waals surface area contributed by atoms with Gasteiger partial charge in [-0.05, 0) is 50.4 Å². The third-order valence-corrected chi connectivity index (χ3v) is 7.75. The maximum atomic E-state index is 12.8. The zero-order valence-corrected chi connectivity index (χ0v) is 21.4. The third-order valence-electron chi connectivity index (χ3n) is 7.45. The van der Waals surface area contributed by atoms with Gasteiger partial charge >= 0.3 is 0 Å². The Labute approximate surface area is 214 Å². The molecule has 1 N–H and O–H groups in total.